The van der Waals surface area contributed by atoms with Gasteiger partial charge in [-0.3, -0.25) is 4.98 Å². The lowest BCUT2D eigenvalue weighted by atomic mass is 10.2. The highest BCUT2D eigenvalue weighted by Gasteiger charge is 2.06. The van der Waals surface area contributed by atoms with Crippen molar-refractivity contribution >= 4 is 23.6 Å². The second kappa shape index (κ2) is 6.21. The Bertz CT molecular complexity index is 668. The van der Waals surface area contributed by atoms with Crippen LogP contribution in [0.15, 0.2) is 42.6 Å². The van der Waals surface area contributed by atoms with E-state index in [4.69, 9.17) is 21.4 Å². The molecule has 4 nitrogen and oxygen atoms in total. The molecule has 0 bridgehead atoms. The summed E-state index contributed by atoms with van der Waals surface area (Å²) < 4.78 is 5.69. The lowest BCUT2D eigenvalue weighted by molar-refractivity contribution is -0.131. The lowest BCUT2D eigenvalue weighted by Crippen LogP contribution is -1.91. The summed E-state index contributed by atoms with van der Waals surface area (Å²) in [7, 11) is 0. The number of pyridine rings is 1. The molecule has 1 aromatic heterocycles. The molecule has 0 atom stereocenters. The predicted octanol–water partition coefficient (Wildman–Crippen LogP) is 3.93. The fourth-order valence-electron chi connectivity index (χ4n) is 1.57. The van der Waals surface area contributed by atoms with Gasteiger partial charge in [0, 0.05) is 12.3 Å². The Morgan fingerprint density at radius 2 is 2.15 bits per heavy atom. The summed E-state index contributed by atoms with van der Waals surface area (Å²) >= 11 is 6.12. The number of hydrogen-bond donors (Lipinski definition) is 1. The van der Waals surface area contributed by atoms with Crippen LogP contribution in [0, 0.1) is 6.92 Å². The van der Waals surface area contributed by atoms with Crippen LogP contribution in [0.5, 0.6) is 11.5 Å². The van der Waals surface area contributed by atoms with Crippen LogP contribution in [0.4, 0.5) is 0 Å². The first kappa shape index (κ1) is 14.1. The second-order valence-electron chi connectivity index (χ2n) is 4.05. The molecule has 20 heavy (non-hydrogen) atoms. The van der Waals surface area contributed by atoms with Crippen LogP contribution in [-0.2, 0) is 4.79 Å². The van der Waals surface area contributed by atoms with Gasteiger partial charge in [0.15, 0.2) is 0 Å². The smallest absolute Gasteiger partial charge is 0.328 e. The number of benzene rings is 1. The zero-order valence-corrected chi connectivity index (χ0v) is 11.5. The van der Waals surface area contributed by atoms with E-state index >= 15 is 0 Å². The zero-order chi connectivity index (χ0) is 14.5. The average Bonchev–Trinajstić information content (AvgIpc) is 2.41. The van der Waals surface area contributed by atoms with Gasteiger partial charge in [0.2, 0.25) is 0 Å². The van der Waals surface area contributed by atoms with Crippen molar-refractivity contribution in [2.75, 3.05) is 0 Å². The van der Waals surface area contributed by atoms with E-state index in [9.17, 15) is 4.79 Å². The molecule has 0 radical (unpaired) electrons. The second-order valence-corrected chi connectivity index (χ2v) is 4.46. The van der Waals surface area contributed by atoms with Gasteiger partial charge in [-0.05, 0) is 42.8 Å². The third kappa shape index (κ3) is 3.59. The summed E-state index contributed by atoms with van der Waals surface area (Å²) in [4.78, 5) is 14.6. The highest BCUT2D eigenvalue weighted by atomic mass is 35.5. The number of aromatic nitrogens is 1. The molecule has 0 aliphatic heterocycles. The van der Waals surface area contributed by atoms with E-state index in [1.165, 1.54) is 6.08 Å². The van der Waals surface area contributed by atoms with Crippen molar-refractivity contribution in [1.29, 1.82) is 0 Å². The van der Waals surface area contributed by atoms with E-state index in [0.717, 1.165) is 11.8 Å². The number of carbonyl (C=O) groups is 1. The molecule has 0 saturated heterocycles. The molecule has 1 heterocycles. The summed E-state index contributed by atoms with van der Waals surface area (Å²) in [6.07, 6.45) is 4.20. The van der Waals surface area contributed by atoms with Crippen LogP contribution in [0.25, 0.3) is 6.08 Å². The van der Waals surface area contributed by atoms with Gasteiger partial charge in [0.25, 0.3) is 0 Å². The number of rotatable bonds is 4. The highest BCUT2D eigenvalue weighted by Crippen LogP contribution is 2.31. The number of aliphatic carboxylic acids is 1. The van der Waals surface area contributed by atoms with Crippen LogP contribution < -0.4 is 4.74 Å². The maximum Gasteiger partial charge on any atom is 0.328 e. The first-order valence-corrected chi connectivity index (χ1v) is 6.24. The summed E-state index contributed by atoms with van der Waals surface area (Å²) in [5.74, 6) is 0.117. The fraction of sp³-hybridized carbons (Fsp3) is 0.0667. The van der Waals surface area contributed by atoms with Gasteiger partial charge in [-0.1, -0.05) is 17.7 Å². The van der Waals surface area contributed by atoms with Crippen molar-refractivity contribution in [3.63, 3.8) is 0 Å². The molecule has 102 valence electrons. The van der Waals surface area contributed by atoms with Gasteiger partial charge in [-0.25, -0.2) is 4.79 Å². The Labute approximate surface area is 121 Å². The van der Waals surface area contributed by atoms with Gasteiger partial charge in [0.05, 0.1) is 10.7 Å². The summed E-state index contributed by atoms with van der Waals surface area (Å²) in [6, 6.07) is 8.64. The molecule has 0 amide bonds. The summed E-state index contributed by atoms with van der Waals surface area (Å²) in [6.45, 7) is 1.84. The van der Waals surface area contributed by atoms with Crippen LogP contribution in [0.3, 0.4) is 0 Å². The Morgan fingerprint density at radius 3 is 2.80 bits per heavy atom. The fourth-order valence-corrected chi connectivity index (χ4v) is 1.79. The number of halogens is 1. The quantitative estimate of drug-likeness (QED) is 0.866. The summed E-state index contributed by atoms with van der Waals surface area (Å²) in [5, 5.41) is 8.98. The monoisotopic (exact) mass is 289 g/mol. The van der Waals surface area contributed by atoms with Crippen molar-refractivity contribution in [3.8, 4) is 11.5 Å². The standard InChI is InChI=1S/C15H12ClNO3/c1-10-13(3-2-8-17-10)20-14-6-4-11(9-12(14)16)5-7-15(18)19/h2-9H,1H3,(H,18,19)/b7-5+. The average molecular weight is 290 g/mol. The number of aryl methyl sites for hydroxylation is 1. The molecule has 0 fully saturated rings. The number of carboxylic acids is 1. The molecule has 2 rings (SSSR count). The minimum atomic E-state index is -1.01. The predicted molar refractivity (Wildman–Crippen MR) is 77.2 cm³/mol. The first-order chi connectivity index (χ1) is 9.56. The van der Waals surface area contributed by atoms with Crippen molar-refractivity contribution in [1.82, 2.24) is 4.98 Å². The van der Waals surface area contributed by atoms with Gasteiger partial charge in [-0.15, -0.1) is 0 Å². The maximum atomic E-state index is 10.5. The van der Waals surface area contributed by atoms with Crippen molar-refractivity contribution < 1.29 is 14.6 Å². The van der Waals surface area contributed by atoms with E-state index in [2.05, 4.69) is 4.98 Å². The van der Waals surface area contributed by atoms with E-state index in [1.807, 2.05) is 6.92 Å². The Kier molecular flexibility index (Phi) is 4.38. The zero-order valence-electron chi connectivity index (χ0n) is 10.7. The molecular formula is C15H12ClNO3. The Balaban J connectivity index is 2.22. The summed E-state index contributed by atoms with van der Waals surface area (Å²) in [5.41, 5.74) is 1.45. The van der Waals surface area contributed by atoms with E-state index in [1.54, 1.807) is 36.5 Å². The maximum absolute atomic E-state index is 10.5. The van der Waals surface area contributed by atoms with Gasteiger partial charge in [-0.2, -0.15) is 0 Å². The SMILES string of the molecule is Cc1ncccc1Oc1ccc(/C=C/C(=O)O)cc1Cl. The van der Waals surface area contributed by atoms with Crippen LogP contribution in [0.1, 0.15) is 11.3 Å². The number of ether oxygens (including phenoxy) is 1. The molecule has 1 aromatic carbocycles. The molecule has 2 aromatic rings. The molecule has 5 heteroatoms. The largest absolute Gasteiger partial charge is 0.478 e. The van der Waals surface area contributed by atoms with E-state index < -0.39 is 5.97 Å². The Morgan fingerprint density at radius 1 is 1.35 bits per heavy atom. The molecular weight excluding hydrogens is 278 g/mol. The molecule has 1 N–H and O–H groups in total. The first-order valence-electron chi connectivity index (χ1n) is 5.86. The number of hydrogen-bond acceptors (Lipinski definition) is 3. The number of nitrogens with zero attached hydrogens (tertiary/aromatic N) is 1. The van der Waals surface area contributed by atoms with Gasteiger partial charge < -0.3 is 9.84 Å². The molecule has 0 aliphatic rings. The molecule has 0 spiro atoms. The molecule has 0 aliphatic carbocycles. The van der Waals surface area contributed by atoms with E-state index in [-0.39, 0.29) is 0 Å². The van der Waals surface area contributed by atoms with Gasteiger partial charge in [0.1, 0.15) is 11.5 Å². The van der Waals surface area contributed by atoms with Crippen molar-refractivity contribution in [2.24, 2.45) is 0 Å². The van der Waals surface area contributed by atoms with Crippen LogP contribution in [0.2, 0.25) is 5.02 Å². The third-order valence-corrected chi connectivity index (χ3v) is 2.85. The minimum Gasteiger partial charge on any atom is -0.478 e. The highest BCUT2D eigenvalue weighted by molar-refractivity contribution is 6.32. The van der Waals surface area contributed by atoms with Crippen molar-refractivity contribution in [2.45, 2.75) is 6.92 Å². The van der Waals surface area contributed by atoms with Crippen molar-refractivity contribution in [3.05, 3.63) is 58.9 Å². The normalized spacial score (nSPS) is 10.7. The number of carboxylic acid groups (broad SMARTS) is 1. The van der Waals surface area contributed by atoms with E-state index in [0.29, 0.717) is 22.1 Å². The third-order valence-electron chi connectivity index (χ3n) is 2.55. The van der Waals surface area contributed by atoms with Crippen LogP contribution >= 0.6 is 11.6 Å². The van der Waals surface area contributed by atoms with Crippen LogP contribution in [-0.4, -0.2) is 16.1 Å². The lowest BCUT2D eigenvalue weighted by Gasteiger charge is -2.09. The van der Waals surface area contributed by atoms with Gasteiger partial charge >= 0.3 is 5.97 Å². The topological polar surface area (TPSA) is 59.4 Å². The Hall–Kier alpha value is -2.33. The molecule has 0 saturated carbocycles. The molecule has 0 unspecified atom stereocenters. The minimum absolute atomic E-state index is 0.404.